The number of rotatable bonds is 2. The van der Waals surface area contributed by atoms with Crippen LogP contribution in [0.25, 0.3) is 10.9 Å². The molecule has 5 rings (SSSR count). The Bertz CT molecular complexity index is 766. The molecule has 3 aliphatic heterocycles. The number of hydrogen-bond acceptors (Lipinski definition) is 4. The molecule has 2 aromatic rings. The number of carbonyl (C=O) groups is 1. The fraction of sp³-hybridized carbons (Fsp3) is 0.438. The van der Waals surface area contributed by atoms with Crippen LogP contribution in [0.3, 0.4) is 0 Å². The summed E-state index contributed by atoms with van der Waals surface area (Å²) in [6.45, 7) is 3.25. The second kappa shape index (κ2) is 5.11. The molecule has 2 bridgehead atoms. The van der Waals surface area contributed by atoms with Crippen molar-refractivity contribution in [3.63, 3.8) is 0 Å². The van der Waals surface area contributed by atoms with Crippen LogP contribution in [0, 0.1) is 17.2 Å². The summed E-state index contributed by atoms with van der Waals surface area (Å²) < 4.78 is 0. The van der Waals surface area contributed by atoms with Crippen LogP contribution in [0.15, 0.2) is 18.2 Å². The van der Waals surface area contributed by atoms with Crippen molar-refractivity contribution in [3.05, 3.63) is 29.5 Å². The molecule has 112 valence electrons. The first-order chi connectivity index (χ1) is 10.7. The number of H-pyrrole nitrogens is 1. The molecule has 0 radical (unpaired) electrons. The summed E-state index contributed by atoms with van der Waals surface area (Å²) in [5.41, 5.74) is 1.69. The van der Waals surface area contributed by atoms with Gasteiger partial charge < -0.3 is 10.2 Å². The second-order valence-electron chi connectivity index (χ2n) is 6.16. The van der Waals surface area contributed by atoms with Crippen molar-refractivity contribution in [2.75, 3.05) is 19.6 Å². The van der Waals surface area contributed by atoms with Gasteiger partial charge in [-0.25, -0.2) is 0 Å². The highest BCUT2D eigenvalue weighted by molar-refractivity contribution is 6.05. The highest BCUT2D eigenvalue weighted by Gasteiger charge is 2.35. The Balaban J connectivity index is 1.57. The maximum absolute atomic E-state index is 12.5. The summed E-state index contributed by atoms with van der Waals surface area (Å²) in [5, 5.41) is 19.8. The monoisotopic (exact) mass is 295 g/mol. The minimum atomic E-state index is -0.130. The first-order valence-electron chi connectivity index (χ1n) is 7.66. The summed E-state index contributed by atoms with van der Waals surface area (Å²) in [6.07, 6.45) is 2.33. The summed E-state index contributed by atoms with van der Waals surface area (Å²) in [4.78, 5) is 15.0. The van der Waals surface area contributed by atoms with Crippen molar-refractivity contribution >= 4 is 16.8 Å². The summed E-state index contributed by atoms with van der Waals surface area (Å²) >= 11 is 0. The van der Waals surface area contributed by atoms with Gasteiger partial charge in [0, 0.05) is 18.0 Å². The number of fused-ring (bicyclic) bond motifs is 4. The highest BCUT2D eigenvalue weighted by atomic mass is 16.2. The van der Waals surface area contributed by atoms with Crippen molar-refractivity contribution in [1.29, 1.82) is 5.26 Å². The van der Waals surface area contributed by atoms with Crippen LogP contribution in [0.4, 0.5) is 0 Å². The summed E-state index contributed by atoms with van der Waals surface area (Å²) in [5.74, 6) is 0.457. The van der Waals surface area contributed by atoms with E-state index >= 15 is 0 Å². The Morgan fingerprint density at radius 2 is 2.23 bits per heavy atom. The van der Waals surface area contributed by atoms with Gasteiger partial charge in [0.05, 0.1) is 17.1 Å². The van der Waals surface area contributed by atoms with Crippen LogP contribution in [-0.2, 0) is 0 Å². The zero-order chi connectivity index (χ0) is 15.1. The van der Waals surface area contributed by atoms with Gasteiger partial charge in [0.15, 0.2) is 5.69 Å². The Morgan fingerprint density at radius 3 is 2.91 bits per heavy atom. The minimum absolute atomic E-state index is 0.130. The van der Waals surface area contributed by atoms with E-state index in [0.29, 0.717) is 17.2 Å². The van der Waals surface area contributed by atoms with Crippen molar-refractivity contribution in [2.24, 2.45) is 5.92 Å². The smallest absolute Gasteiger partial charge is 0.272 e. The summed E-state index contributed by atoms with van der Waals surface area (Å²) in [6, 6.07) is 7.52. The largest absolute Gasteiger partial charge is 0.346 e. The lowest BCUT2D eigenvalue weighted by atomic mass is 9.84. The van der Waals surface area contributed by atoms with E-state index in [4.69, 9.17) is 5.26 Å². The molecule has 6 heteroatoms. The number of benzene rings is 1. The molecular formula is C16H17N5O. The van der Waals surface area contributed by atoms with Crippen molar-refractivity contribution < 1.29 is 4.79 Å². The SMILES string of the molecule is N#Cc1ccc2c(C(=O)N[C@H]3CN4CCC3CC4)n[nH]c2c1. The fourth-order valence-corrected chi connectivity index (χ4v) is 3.63. The van der Waals surface area contributed by atoms with Gasteiger partial charge in [-0.1, -0.05) is 0 Å². The molecule has 1 aromatic carbocycles. The predicted molar refractivity (Wildman–Crippen MR) is 81.2 cm³/mol. The molecule has 3 saturated heterocycles. The Labute approximate surface area is 128 Å². The van der Waals surface area contributed by atoms with Gasteiger partial charge >= 0.3 is 0 Å². The van der Waals surface area contributed by atoms with E-state index in [9.17, 15) is 4.79 Å². The van der Waals surface area contributed by atoms with Crippen molar-refractivity contribution in [3.8, 4) is 6.07 Å². The second-order valence-corrected chi connectivity index (χ2v) is 6.16. The zero-order valence-electron chi connectivity index (χ0n) is 12.2. The summed E-state index contributed by atoms with van der Waals surface area (Å²) in [7, 11) is 0. The number of nitriles is 1. The Hall–Kier alpha value is -2.39. The van der Waals surface area contributed by atoms with Gasteiger partial charge in [0.25, 0.3) is 5.91 Å². The van der Waals surface area contributed by atoms with Gasteiger partial charge in [0.1, 0.15) is 0 Å². The number of piperidine rings is 3. The molecule has 1 aromatic heterocycles. The van der Waals surface area contributed by atoms with E-state index < -0.39 is 0 Å². The lowest BCUT2D eigenvalue weighted by molar-refractivity contribution is 0.0618. The molecule has 0 unspecified atom stereocenters. The lowest BCUT2D eigenvalue weighted by Gasteiger charge is -2.44. The lowest BCUT2D eigenvalue weighted by Crippen LogP contribution is -2.57. The van der Waals surface area contributed by atoms with E-state index in [1.807, 2.05) is 0 Å². The van der Waals surface area contributed by atoms with E-state index in [1.165, 1.54) is 0 Å². The van der Waals surface area contributed by atoms with Crippen molar-refractivity contribution in [2.45, 2.75) is 18.9 Å². The molecule has 1 amide bonds. The molecule has 1 atom stereocenters. The number of aromatic amines is 1. The Morgan fingerprint density at radius 1 is 1.41 bits per heavy atom. The molecule has 3 aliphatic rings. The average Bonchev–Trinajstić information content (AvgIpc) is 2.99. The molecule has 3 fully saturated rings. The molecule has 2 N–H and O–H groups in total. The molecule has 4 heterocycles. The van der Waals surface area contributed by atoms with E-state index in [0.717, 1.165) is 43.4 Å². The van der Waals surface area contributed by atoms with Crippen LogP contribution in [0.5, 0.6) is 0 Å². The third-order valence-electron chi connectivity index (χ3n) is 4.88. The topological polar surface area (TPSA) is 84.8 Å². The molecule has 22 heavy (non-hydrogen) atoms. The number of amides is 1. The zero-order valence-corrected chi connectivity index (χ0v) is 12.2. The number of nitrogens with one attached hydrogen (secondary N) is 2. The number of carbonyl (C=O) groups excluding carboxylic acids is 1. The van der Waals surface area contributed by atoms with Gasteiger partial charge in [-0.3, -0.25) is 9.89 Å². The van der Waals surface area contributed by atoms with Crippen LogP contribution in [0.2, 0.25) is 0 Å². The maximum Gasteiger partial charge on any atom is 0.272 e. The molecular weight excluding hydrogens is 278 g/mol. The quantitative estimate of drug-likeness (QED) is 0.873. The third kappa shape index (κ3) is 2.14. The minimum Gasteiger partial charge on any atom is -0.346 e. The molecule has 6 nitrogen and oxygen atoms in total. The van der Waals surface area contributed by atoms with Crippen LogP contribution in [0.1, 0.15) is 28.9 Å². The maximum atomic E-state index is 12.5. The van der Waals surface area contributed by atoms with E-state index in [2.05, 4.69) is 26.5 Å². The molecule has 0 aliphatic carbocycles. The number of nitrogens with zero attached hydrogens (tertiary/aromatic N) is 3. The van der Waals surface area contributed by atoms with Crippen LogP contribution in [-0.4, -0.2) is 46.7 Å². The van der Waals surface area contributed by atoms with Gasteiger partial charge in [-0.05, 0) is 50.0 Å². The first kappa shape index (κ1) is 13.3. The number of aromatic nitrogens is 2. The third-order valence-corrected chi connectivity index (χ3v) is 4.88. The van der Waals surface area contributed by atoms with E-state index in [1.54, 1.807) is 18.2 Å². The fourth-order valence-electron chi connectivity index (χ4n) is 3.63. The normalized spacial score (nSPS) is 26.8. The van der Waals surface area contributed by atoms with Gasteiger partial charge in [0.2, 0.25) is 0 Å². The van der Waals surface area contributed by atoms with Crippen LogP contribution < -0.4 is 5.32 Å². The first-order valence-corrected chi connectivity index (χ1v) is 7.66. The predicted octanol–water partition coefficient (Wildman–Crippen LogP) is 1.26. The average molecular weight is 295 g/mol. The molecule has 0 saturated carbocycles. The highest BCUT2D eigenvalue weighted by Crippen LogP contribution is 2.28. The van der Waals surface area contributed by atoms with Gasteiger partial charge in [-0.2, -0.15) is 10.4 Å². The Kier molecular flexibility index (Phi) is 3.09. The van der Waals surface area contributed by atoms with Gasteiger partial charge in [-0.15, -0.1) is 0 Å². The van der Waals surface area contributed by atoms with E-state index in [-0.39, 0.29) is 11.9 Å². The molecule has 0 spiro atoms. The van der Waals surface area contributed by atoms with Crippen molar-refractivity contribution in [1.82, 2.24) is 20.4 Å². The standard InChI is InChI=1S/C16H17N5O/c17-8-10-1-2-12-13(7-10)19-20-15(12)16(22)18-14-9-21-5-3-11(14)4-6-21/h1-2,7,11,14H,3-6,9H2,(H,18,22)(H,19,20)/t14-/m0/s1. The number of hydrogen-bond donors (Lipinski definition) is 2. The van der Waals surface area contributed by atoms with Crippen LogP contribution >= 0.6 is 0 Å².